The van der Waals surface area contributed by atoms with E-state index in [1.807, 2.05) is 24.3 Å². The number of rotatable bonds is 5. The molecule has 0 atom stereocenters. The highest BCUT2D eigenvalue weighted by Gasteiger charge is 1.96. The molecule has 2 aromatic rings. The Balaban J connectivity index is 1.84. The van der Waals surface area contributed by atoms with Gasteiger partial charge < -0.3 is 10.5 Å². The van der Waals surface area contributed by atoms with Crippen LogP contribution in [0.4, 0.5) is 5.69 Å². The van der Waals surface area contributed by atoms with Crippen molar-refractivity contribution in [3.63, 3.8) is 0 Å². The van der Waals surface area contributed by atoms with Gasteiger partial charge in [-0.15, -0.1) is 0 Å². The fraction of sp³-hybridized carbons (Fsp3) is 0.133. The summed E-state index contributed by atoms with van der Waals surface area (Å²) in [7, 11) is 0. The van der Waals surface area contributed by atoms with E-state index in [9.17, 15) is 4.79 Å². The second-order valence-electron chi connectivity index (χ2n) is 4.03. The Morgan fingerprint density at radius 2 is 1.67 bits per heavy atom. The molecular formula is C15H15NO2. The number of hydrogen-bond donors (Lipinski definition) is 1. The minimum absolute atomic E-state index is 0.602. The highest BCUT2D eigenvalue weighted by atomic mass is 16.5. The second-order valence-corrected chi connectivity index (χ2v) is 4.03. The van der Waals surface area contributed by atoms with Crippen molar-refractivity contribution >= 4 is 12.0 Å². The lowest BCUT2D eigenvalue weighted by atomic mass is 10.1. The van der Waals surface area contributed by atoms with E-state index >= 15 is 0 Å². The van der Waals surface area contributed by atoms with Gasteiger partial charge in [0.25, 0.3) is 0 Å². The molecule has 0 amide bonds. The van der Waals surface area contributed by atoms with E-state index in [0.717, 1.165) is 24.1 Å². The van der Waals surface area contributed by atoms with Gasteiger partial charge in [-0.1, -0.05) is 12.1 Å². The number of nitrogens with two attached hydrogens (primary N) is 1. The Hall–Kier alpha value is -2.29. The Labute approximate surface area is 106 Å². The Morgan fingerprint density at radius 3 is 2.28 bits per heavy atom. The maximum atomic E-state index is 10.5. The molecule has 0 fully saturated rings. The molecule has 2 N–H and O–H groups in total. The minimum Gasteiger partial charge on any atom is -0.493 e. The van der Waals surface area contributed by atoms with E-state index in [1.54, 1.807) is 24.3 Å². The van der Waals surface area contributed by atoms with E-state index in [2.05, 4.69) is 0 Å². The van der Waals surface area contributed by atoms with Crippen LogP contribution < -0.4 is 10.5 Å². The molecule has 0 saturated carbocycles. The standard InChI is InChI=1S/C15H15NO2/c16-14-5-1-12(2-6-14)9-10-18-15-7-3-13(11-17)4-8-15/h1-8,11H,9-10,16H2. The molecule has 92 valence electrons. The van der Waals surface area contributed by atoms with Crippen molar-refractivity contribution in [1.82, 2.24) is 0 Å². The largest absolute Gasteiger partial charge is 0.493 e. The van der Waals surface area contributed by atoms with Gasteiger partial charge in [0, 0.05) is 17.7 Å². The topological polar surface area (TPSA) is 52.3 Å². The molecule has 0 radical (unpaired) electrons. The summed E-state index contributed by atoms with van der Waals surface area (Å²) in [5, 5.41) is 0. The van der Waals surface area contributed by atoms with Crippen LogP contribution in [0.3, 0.4) is 0 Å². The average Bonchev–Trinajstić information content (AvgIpc) is 2.42. The molecule has 0 aliphatic rings. The van der Waals surface area contributed by atoms with Crippen molar-refractivity contribution in [2.24, 2.45) is 0 Å². The predicted octanol–water partition coefficient (Wildman–Crippen LogP) is 2.70. The molecule has 2 aromatic carbocycles. The van der Waals surface area contributed by atoms with E-state index in [0.29, 0.717) is 12.2 Å². The maximum absolute atomic E-state index is 10.5. The Bertz CT molecular complexity index is 503. The first kappa shape index (κ1) is 12.2. The van der Waals surface area contributed by atoms with Gasteiger partial charge in [0.15, 0.2) is 0 Å². The summed E-state index contributed by atoms with van der Waals surface area (Å²) in [5.74, 6) is 0.774. The van der Waals surface area contributed by atoms with Crippen molar-refractivity contribution in [1.29, 1.82) is 0 Å². The third-order valence-corrected chi connectivity index (χ3v) is 2.66. The molecular weight excluding hydrogens is 226 g/mol. The van der Waals surface area contributed by atoms with Crippen molar-refractivity contribution in [3.8, 4) is 5.75 Å². The second kappa shape index (κ2) is 5.87. The average molecular weight is 241 g/mol. The molecule has 3 nitrogen and oxygen atoms in total. The Kier molecular flexibility index (Phi) is 3.97. The van der Waals surface area contributed by atoms with Crippen LogP contribution in [0.5, 0.6) is 5.75 Å². The number of ether oxygens (including phenoxy) is 1. The van der Waals surface area contributed by atoms with Gasteiger partial charge in [0.1, 0.15) is 12.0 Å². The van der Waals surface area contributed by atoms with Gasteiger partial charge in [0.05, 0.1) is 6.61 Å². The van der Waals surface area contributed by atoms with Crippen LogP contribution in [0.1, 0.15) is 15.9 Å². The summed E-state index contributed by atoms with van der Waals surface area (Å²) < 4.78 is 5.59. The lowest BCUT2D eigenvalue weighted by molar-refractivity contribution is 0.112. The third-order valence-electron chi connectivity index (χ3n) is 2.66. The lowest BCUT2D eigenvalue weighted by Crippen LogP contribution is -2.01. The van der Waals surface area contributed by atoms with Crippen LogP contribution in [-0.4, -0.2) is 12.9 Å². The monoisotopic (exact) mass is 241 g/mol. The number of aldehydes is 1. The molecule has 0 spiro atoms. The van der Waals surface area contributed by atoms with Gasteiger partial charge in [-0.3, -0.25) is 4.79 Å². The van der Waals surface area contributed by atoms with Crippen LogP contribution in [0.15, 0.2) is 48.5 Å². The Morgan fingerprint density at radius 1 is 1.00 bits per heavy atom. The van der Waals surface area contributed by atoms with Gasteiger partial charge in [-0.2, -0.15) is 0 Å². The van der Waals surface area contributed by atoms with Crippen molar-refractivity contribution in [2.45, 2.75) is 6.42 Å². The first-order valence-corrected chi connectivity index (χ1v) is 5.80. The van der Waals surface area contributed by atoms with Gasteiger partial charge >= 0.3 is 0 Å². The lowest BCUT2D eigenvalue weighted by Gasteiger charge is -2.06. The number of carbonyl (C=O) groups is 1. The van der Waals surface area contributed by atoms with Crippen LogP contribution in [0.25, 0.3) is 0 Å². The van der Waals surface area contributed by atoms with E-state index in [-0.39, 0.29) is 0 Å². The molecule has 0 saturated heterocycles. The molecule has 18 heavy (non-hydrogen) atoms. The zero-order chi connectivity index (χ0) is 12.8. The summed E-state index contributed by atoms with van der Waals surface area (Å²) >= 11 is 0. The fourth-order valence-corrected chi connectivity index (χ4v) is 1.61. The summed E-state index contributed by atoms with van der Waals surface area (Å²) in [6, 6.07) is 14.8. The predicted molar refractivity (Wildman–Crippen MR) is 71.9 cm³/mol. The van der Waals surface area contributed by atoms with Crippen molar-refractivity contribution in [2.75, 3.05) is 12.3 Å². The fourth-order valence-electron chi connectivity index (χ4n) is 1.61. The SMILES string of the molecule is Nc1ccc(CCOc2ccc(C=O)cc2)cc1. The summed E-state index contributed by atoms with van der Waals surface area (Å²) in [6.45, 7) is 0.602. The van der Waals surface area contributed by atoms with Crippen LogP contribution in [0, 0.1) is 0 Å². The van der Waals surface area contributed by atoms with Crippen LogP contribution in [0.2, 0.25) is 0 Å². The number of nitrogen functional groups attached to an aromatic ring is 1. The first-order valence-electron chi connectivity index (χ1n) is 5.80. The summed E-state index contributed by atoms with van der Waals surface area (Å²) in [5.41, 5.74) is 8.22. The zero-order valence-electron chi connectivity index (χ0n) is 10.0. The quantitative estimate of drug-likeness (QED) is 0.646. The van der Waals surface area contributed by atoms with E-state index < -0.39 is 0 Å². The number of benzene rings is 2. The molecule has 0 unspecified atom stereocenters. The summed E-state index contributed by atoms with van der Waals surface area (Å²) in [6.07, 6.45) is 1.65. The highest BCUT2D eigenvalue weighted by molar-refractivity contribution is 5.74. The van der Waals surface area contributed by atoms with E-state index in [1.165, 1.54) is 5.56 Å². The minimum atomic E-state index is 0.602. The smallest absolute Gasteiger partial charge is 0.150 e. The van der Waals surface area contributed by atoms with E-state index in [4.69, 9.17) is 10.5 Å². The molecule has 0 heterocycles. The van der Waals surface area contributed by atoms with Gasteiger partial charge in [0.2, 0.25) is 0 Å². The van der Waals surface area contributed by atoms with Crippen molar-refractivity contribution in [3.05, 3.63) is 59.7 Å². The normalized spacial score (nSPS) is 10.0. The zero-order valence-corrected chi connectivity index (χ0v) is 10.0. The number of hydrogen-bond acceptors (Lipinski definition) is 3. The van der Waals surface area contributed by atoms with Crippen molar-refractivity contribution < 1.29 is 9.53 Å². The van der Waals surface area contributed by atoms with Crippen LogP contribution in [-0.2, 0) is 6.42 Å². The first-order chi connectivity index (χ1) is 8.78. The molecule has 0 aromatic heterocycles. The maximum Gasteiger partial charge on any atom is 0.150 e. The number of anilines is 1. The van der Waals surface area contributed by atoms with Gasteiger partial charge in [-0.25, -0.2) is 0 Å². The molecule has 0 aliphatic heterocycles. The molecule has 2 rings (SSSR count). The molecule has 3 heteroatoms. The number of carbonyl (C=O) groups excluding carboxylic acids is 1. The van der Waals surface area contributed by atoms with Gasteiger partial charge in [-0.05, 0) is 42.0 Å². The molecule has 0 aliphatic carbocycles. The van der Waals surface area contributed by atoms with Crippen LogP contribution >= 0.6 is 0 Å². The highest BCUT2D eigenvalue weighted by Crippen LogP contribution is 2.12. The summed E-state index contributed by atoms with van der Waals surface area (Å²) in [4.78, 5) is 10.5. The molecule has 0 bridgehead atoms. The third kappa shape index (κ3) is 3.35.